The summed E-state index contributed by atoms with van der Waals surface area (Å²) in [7, 11) is 0. The molecule has 1 aromatic heterocycles. The first-order valence-corrected chi connectivity index (χ1v) is 14.5. The summed E-state index contributed by atoms with van der Waals surface area (Å²) >= 11 is 1.06. The number of alkyl halides is 6. The fraction of sp³-hybridized carbons (Fsp3) is 0.0588. The van der Waals surface area contributed by atoms with Gasteiger partial charge in [0.25, 0.3) is 0 Å². The topological polar surface area (TPSA) is 72.3 Å². The first-order chi connectivity index (χ1) is 23.1. The molecule has 0 amide bonds. The van der Waals surface area contributed by atoms with Crippen molar-refractivity contribution in [3.8, 4) is 34.6 Å². The minimum Gasteiger partial charge on any atom is -0.204 e. The second-order valence-corrected chi connectivity index (χ2v) is 11.8. The Morgan fingerprint density at radius 1 is 0.510 bits per heavy atom. The van der Waals surface area contributed by atoms with Crippen molar-refractivity contribution in [2.45, 2.75) is 12.4 Å². The van der Waals surface area contributed by atoms with Crippen LogP contribution in [0.25, 0.3) is 64.0 Å². The molecule has 7 rings (SSSR count). The molecule has 0 saturated carbocycles. The van der Waals surface area contributed by atoms with Crippen molar-refractivity contribution in [1.82, 2.24) is 0 Å². The average Bonchev–Trinajstić information content (AvgIpc) is 3.65. The number of benzene rings is 4. The van der Waals surface area contributed by atoms with Gasteiger partial charge in [0.15, 0.2) is 23.3 Å². The molecule has 4 nitrogen and oxygen atoms in total. The van der Waals surface area contributed by atoms with Gasteiger partial charge >= 0.3 is 12.4 Å². The Balaban J connectivity index is 1.51. The molecule has 0 aliphatic heterocycles. The van der Waals surface area contributed by atoms with Crippen LogP contribution in [0.2, 0.25) is 0 Å². The van der Waals surface area contributed by atoms with Gasteiger partial charge < -0.3 is 0 Å². The zero-order valence-corrected chi connectivity index (χ0v) is 24.6. The number of fused-ring (bicyclic) bond motifs is 7. The van der Waals surface area contributed by atoms with Gasteiger partial charge in [0.1, 0.15) is 10.7 Å². The maximum Gasteiger partial charge on any atom is 0.419 e. The SMILES string of the molecule is N#C/N=c1/c2cc(-c3cc(F)c(F)c(C(F)(F)F)c3)ccc2c2c1sc1/c(=N/C#N)c3cc(-c4cc(F)c(F)c(C(F)(F)F)c4)ccc3c12. The molecule has 0 unspecified atom stereocenters. The highest BCUT2D eigenvalue weighted by Crippen LogP contribution is 2.44. The maximum atomic E-state index is 14.3. The normalized spacial score (nSPS) is 13.3. The molecule has 1 heterocycles. The molecule has 242 valence electrons. The lowest BCUT2D eigenvalue weighted by Gasteiger charge is -2.11. The van der Waals surface area contributed by atoms with Gasteiger partial charge in [-0.2, -0.15) is 46.9 Å². The summed E-state index contributed by atoms with van der Waals surface area (Å²) in [4.78, 5) is 7.84. The zero-order valence-electron chi connectivity index (χ0n) is 23.8. The molecule has 0 radical (unpaired) electrons. The summed E-state index contributed by atoms with van der Waals surface area (Å²) in [5, 5.41) is 21.7. The smallest absolute Gasteiger partial charge is 0.204 e. The summed E-state index contributed by atoms with van der Waals surface area (Å²) < 4.78 is 138. The molecule has 0 saturated heterocycles. The minimum atomic E-state index is -5.18. The fourth-order valence-electron chi connectivity index (χ4n) is 6.04. The van der Waals surface area contributed by atoms with Gasteiger partial charge in [-0.25, -0.2) is 17.6 Å². The number of nitrogens with zero attached hydrogens (tertiary/aromatic N) is 4. The van der Waals surface area contributed by atoms with Crippen LogP contribution >= 0.6 is 11.3 Å². The summed E-state index contributed by atoms with van der Waals surface area (Å²) in [5.41, 5.74) is -4.08. The number of hydrogen-bond acceptors (Lipinski definition) is 5. The Labute approximate surface area is 270 Å². The summed E-state index contributed by atoms with van der Waals surface area (Å²) in [6.45, 7) is 0. The molecule has 0 fully saturated rings. The third-order valence-corrected chi connectivity index (χ3v) is 9.29. The van der Waals surface area contributed by atoms with Crippen molar-refractivity contribution in [2.75, 3.05) is 0 Å². The van der Waals surface area contributed by atoms with Gasteiger partial charge in [0.05, 0.1) is 20.5 Å². The van der Waals surface area contributed by atoms with Crippen molar-refractivity contribution in [2.24, 2.45) is 9.98 Å². The van der Waals surface area contributed by atoms with E-state index in [2.05, 4.69) is 9.98 Å². The van der Waals surface area contributed by atoms with E-state index in [1.807, 2.05) is 0 Å². The third-order valence-electron chi connectivity index (χ3n) is 8.08. The van der Waals surface area contributed by atoms with Crippen LogP contribution in [0.15, 0.2) is 70.6 Å². The highest BCUT2D eigenvalue weighted by Gasteiger charge is 2.37. The van der Waals surface area contributed by atoms with Gasteiger partial charge in [-0.05, 0) is 69.4 Å². The predicted octanol–water partition coefficient (Wildman–Crippen LogP) is 9.93. The lowest BCUT2D eigenvalue weighted by atomic mass is 9.99. The predicted molar refractivity (Wildman–Crippen MR) is 160 cm³/mol. The molecular formula is C34H10F10N4S. The largest absolute Gasteiger partial charge is 0.419 e. The Hall–Kier alpha value is -5.80. The Bertz CT molecular complexity index is 2580. The zero-order chi connectivity index (χ0) is 35.2. The Kier molecular flexibility index (Phi) is 7.05. The Morgan fingerprint density at radius 3 is 1.24 bits per heavy atom. The van der Waals surface area contributed by atoms with E-state index in [1.165, 1.54) is 36.4 Å². The summed E-state index contributed by atoms with van der Waals surface area (Å²) in [6, 6.07) is 10.6. The van der Waals surface area contributed by atoms with E-state index in [0.717, 1.165) is 11.3 Å². The van der Waals surface area contributed by atoms with Gasteiger partial charge in [0, 0.05) is 21.5 Å². The van der Waals surface area contributed by atoms with Crippen LogP contribution in [-0.2, 0) is 12.4 Å². The minimum absolute atomic E-state index is 0.0575. The summed E-state index contributed by atoms with van der Waals surface area (Å²) in [6.07, 6.45) is -7.00. The molecular weight excluding hydrogens is 686 g/mol. The van der Waals surface area contributed by atoms with Crippen molar-refractivity contribution >= 4 is 53.1 Å². The molecule has 49 heavy (non-hydrogen) atoms. The number of halogens is 10. The van der Waals surface area contributed by atoms with E-state index in [1.54, 1.807) is 12.4 Å². The van der Waals surface area contributed by atoms with Crippen LogP contribution in [-0.4, -0.2) is 0 Å². The Morgan fingerprint density at radius 2 is 0.898 bits per heavy atom. The van der Waals surface area contributed by atoms with Gasteiger partial charge in [-0.15, -0.1) is 11.3 Å². The van der Waals surface area contributed by atoms with Crippen molar-refractivity contribution in [1.29, 1.82) is 10.5 Å². The standard InChI is InChI=1S/C34H10F10N4S/c35-23-9-15(7-21(27(23)37)33(39,40)41)13-1-3-17-19(5-13)29(47-11-45)31-25(17)26-18-4-2-14(6-20(18)30(48-12-46)32(26)49-31)16-8-22(34(42,43)44)28(38)24(36)10-16/h1-10H/b47-29-,48-30+. The van der Waals surface area contributed by atoms with Gasteiger partial charge in [-0.3, -0.25) is 0 Å². The van der Waals surface area contributed by atoms with Crippen molar-refractivity contribution < 1.29 is 43.9 Å². The second-order valence-electron chi connectivity index (χ2n) is 10.8. The quantitative estimate of drug-likeness (QED) is 0.133. The number of hydrogen-bond donors (Lipinski definition) is 0. The molecule has 0 N–H and O–H groups in total. The van der Waals surface area contributed by atoms with Crippen LogP contribution in [0.3, 0.4) is 0 Å². The van der Waals surface area contributed by atoms with E-state index in [9.17, 15) is 54.4 Å². The van der Waals surface area contributed by atoms with Gasteiger partial charge in [0.2, 0.25) is 12.4 Å². The first-order valence-electron chi connectivity index (χ1n) is 13.7. The number of thiophene rings is 1. The van der Waals surface area contributed by atoms with E-state index in [-0.39, 0.29) is 43.7 Å². The molecule has 0 atom stereocenters. The van der Waals surface area contributed by atoms with E-state index >= 15 is 0 Å². The molecule has 6 aromatic carbocycles. The number of rotatable bonds is 2. The lowest BCUT2D eigenvalue weighted by Crippen LogP contribution is -2.10. The molecule has 0 aliphatic rings. The lowest BCUT2D eigenvalue weighted by molar-refractivity contribution is -0.141. The van der Waals surface area contributed by atoms with Crippen molar-refractivity contribution in [3.63, 3.8) is 0 Å². The third kappa shape index (κ3) is 4.88. The highest BCUT2D eigenvalue weighted by molar-refractivity contribution is 7.26. The maximum absolute atomic E-state index is 14.3. The second kappa shape index (κ2) is 10.9. The molecule has 7 aromatic rings. The first kappa shape index (κ1) is 31.8. The van der Waals surface area contributed by atoms with Crippen LogP contribution in [0.4, 0.5) is 43.9 Å². The van der Waals surface area contributed by atoms with Crippen LogP contribution in [0, 0.1) is 46.2 Å². The number of nitriles is 2. The molecule has 0 bridgehead atoms. The van der Waals surface area contributed by atoms with Crippen LogP contribution in [0.5, 0.6) is 0 Å². The molecule has 0 spiro atoms. The van der Waals surface area contributed by atoms with Gasteiger partial charge in [-0.1, -0.05) is 24.3 Å². The van der Waals surface area contributed by atoms with Crippen molar-refractivity contribution in [3.05, 3.63) is 106 Å². The molecule has 15 heteroatoms. The fourth-order valence-corrected chi connectivity index (χ4v) is 7.38. The summed E-state index contributed by atoms with van der Waals surface area (Å²) in [5.74, 6) is -7.54. The van der Waals surface area contributed by atoms with Crippen LogP contribution < -0.4 is 10.7 Å². The highest BCUT2D eigenvalue weighted by atomic mass is 32.1. The molecule has 0 aliphatic carbocycles. The monoisotopic (exact) mass is 696 g/mol. The van der Waals surface area contributed by atoms with Crippen LogP contribution in [0.1, 0.15) is 11.1 Å². The average molecular weight is 697 g/mol. The van der Waals surface area contributed by atoms with E-state index < -0.39 is 46.7 Å². The van der Waals surface area contributed by atoms with E-state index in [0.29, 0.717) is 55.2 Å². The van der Waals surface area contributed by atoms with E-state index in [4.69, 9.17) is 0 Å².